The Kier molecular flexibility index (Phi) is 4.78. The number of methoxy groups -OCH3 is 1. The number of likely N-dealkylation sites (N-methyl/N-ethyl adjacent to an activating group) is 1. The molecule has 0 N–H and O–H groups in total. The summed E-state index contributed by atoms with van der Waals surface area (Å²) in [4.78, 5) is 2.16. The Bertz CT molecular complexity index is 168. The quantitative estimate of drug-likeness (QED) is 0.677. The third-order valence-electron chi connectivity index (χ3n) is 2.67. The summed E-state index contributed by atoms with van der Waals surface area (Å²) in [5, 5.41) is 0. The van der Waals surface area contributed by atoms with Crippen molar-refractivity contribution in [1.82, 2.24) is 4.90 Å². The molecule has 0 aliphatic carbocycles. The fourth-order valence-corrected chi connectivity index (χ4v) is 1.82. The van der Waals surface area contributed by atoms with E-state index in [0.29, 0.717) is 19.1 Å². The van der Waals surface area contributed by atoms with Gasteiger partial charge in [-0.1, -0.05) is 6.92 Å². The lowest BCUT2D eigenvalue weighted by atomic mass is 10.2. The Balaban J connectivity index is 2.31. The molecule has 3 atom stereocenters. The summed E-state index contributed by atoms with van der Waals surface area (Å²) < 4.78 is 23.3. The number of hydrogen-bond acceptors (Lipinski definition) is 3. The van der Waals surface area contributed by atoms with Crippen LogP contribution in [0.25, 0.3) is 0 Å². The molecular formula is C10H20FNO2. The lowest BCUT2D eigenvalue weighted by Crippen LogP contribution is -2.29. The fourth-order valence-electron chi connectivity index (χ4n) is 1.82. The highest BCUT2D eigenvalue weighted by molar-refractivity contribution is 4.83. The van der Waals surface area contributed by atoms with Crippen molar-refractivity contribution in [3.05, 3.63) is 0 Å². The molecule has 3 unspecified atom stereocenters. The lowest BCUT2D eigenvalue weighted by Gasteiger charge is -2.16. The van der Waals surface area contributed by atoms with Crippen LogP contribution in [-0.2, 0) is 9.47 Å². The largest absolute Gasteiger partial charge is 0.383 e. The van der Waals surface area contributed by atoms with Crippen LogP contribution in [0.1, 0.15) is 19.8 Å². The Morgan fingerprint density at radius 1 is 1.57 bits per heavy atom. The van der Waals surface area contributed by atoms with Gasteiger partial charge in [-0.3, -0.25) is 4.90 Å². The lowest BCUT2D eigenvalue weighted by molar-refractivity contribution is -0.0816. The summed E-state index contributed by atoms with van der Waals surface area (Å²) in [6, 6.07) is 0.369. The molecule has 3 nitrogen and oxygen atoms in total. The molecule has 1 aliphatic heterocycles. The second kappa shape index (κ2) is 5.63. The first-order valence-electron chi connectivity index (χ1n) is 5.16. The Morgan fingerprint density at radius 2 is 2.29 bits per heavy atom. The molecular weight excluding hydrogens is 185 g/mol. The monoisotopic (exact) mass is 205 g/mol. The topological polar surface area (TPSA) is 21.7 Å². The predicted octanol–water partition coefficient (Wildman–Crippen LogP) is 1.43. The summed E-state index contributed by atoms with van der Waals surface area (Å²) in [5.74, 6) is 0. The average Bonchev–Trinajstić information content (AvgIpc) is 2.47. The molecule has 0 spiro atoms. The highest BCUT2D eigenvalue weighted by Crippen LogP contribution is 2.20. The summed E-state index contributed by atoms with van der Waals surface area (Å²) >= 11 is 0. The average molecular weight is 205 g/mol. The highest BCUT2D eigenvalue weighted by Gasteiger charge is 2.31. The van der Waals surface area contributed by atoms with E-state index in [2.05, 4.69) is 4.90 Å². The first-order valence-corrected chi connectivity index (χ1v) is 5.16. The summed E-state index contributed by atoms with van der Waals surface area (Å²) in [6.45, 7) is 3.28. The van der Waals surface area contributed by atoms with Gasteiger partial charge in [0.1, 0.15) is 0 Å². The summed E-state index contributed by atoms with van der Waals surface area (Å²) in [7, 11) is 3.71. The van der Waals surface area contributed by atoms with Gasteiger partial charge in [-0.15, -0.1) is 0 Å². The number of rotatable bonds is 5. The molecule has 0 aromatic rings. The number of hydrogen-bond donors (Lipinski definition) is 0. The minimum absolute atomic E-state index is 0.0232. The van der Waals surface area contributed by atoms with E-state index in [1.54, 1.807) is 14.0 Å². The first-order chi connectivity index (χ1) is 6.67. The van der Waals surface area contributed by atoms with Crippen molar-refractivity contribution in [2.45, 2.75) is 38.3 Å². The molecule has 0 bridgehead atoms. The van der Waals surface area contributed by atoms with E-state index in [9.17, 15) is 4.39 Å². The normalized spacial score (nSPS) is 30.9. The van der Waals surface area contributed by atoms with Gasteiger partial charge in [0, 0.05) is 26.1 Å². The smallest absolute Gasteiger partial charge is 0.198 e. The van der Waals surface area contributed by atoms with Crippen LogP contribution in [0.4, 0.5) is 4.39 Å². The number of halogens is 1. The summed E-state index contributed by atoms with van der Waals surface area (Å²) in [6.07, 6.45) is 0.199. The maximum absolute atomic E-state index is 13.0. The van der Waals surface area contributed by atoms with E-state index in [4.69, 9.17) is 9.47 Å². The van der Waals surface area contributed by atoms with Gasteiger partial charge in [0.15, 0.2) is 6.36 Å². The minimum Gasteiger partial charge on any atom is -0.383 e. The third-order valence-corrected chi connectivity index (χ3v) is 2.67. The van der Waals surface area contributed by atoms with Crippen molar-refractivity contribution < 1.29 is 13.9 Å². The zero-order valence-corrected chi connectivity index (χ0v) is 9.20. The number of likely N-dealkylation sites (tertiary alicyclic amines) is 1. The van der Waals surface area contributed by atoms with Gasteiger partial charge in [0.2, 0.25) is 0 Å². The number of ether oxygens (including phenoxy) is 2. The molecule has 0 radical (unpaired) electrons. The minimum atomic E-state index is -1.12. The molecule has 1 heterocycles. The molecule has 4 heteroatoms. The first kappa shape index (κ1) is 11.9. The van der Waals surface area contributed by atoms with Gasteiger partial charge < -0.3 is 9.47 Å². The van der Waals surface area contributed by atoms with Gasteiger partial charge in [-0.2, -0.15) is 0 Å². The van der Waals surface area contributed by atoms with Crippen molar-refractivity contribution in [2.24, 2.45) is 0 Å². The number of nitrogens with zero attached hydrogens (tertiary/aromatic N) is 1. The fraction of sp³-hybridized carbons (Fsp3) is 1.00. The molecule has 1 fully saturated rings. The van der Waals surface area contributed by atoms with E-state index in [1.165, 1.54) is 0 Å². The molecule has 0 saturated carbocycles. The van der Waals surface area contributed by atoms with Crippen LogP contribution in [0.5, 0.6) is 0 Å². The molecule has 1 aliphatic rings. The van der Waals surface area contributed by atoms with Gasteiger partial charge >= 0.3 is 0 Å². The Morgan fingerprint density at radius 3 is 2.86 bits per heavy atom. The van der Waals surface area contributed by atoms with Crippen molar-refractivity contribution in [3.8, 4) is 0 Å². The zero-order valence-electron chi connectivity index (χ0n) is 9.20. The highest BCUT2D eigenvalue weighted by atomic mass is 19.1. The Labute approximate surface area is 85.2 Å². The van der Waals surface area contributed by atoms with Crippen LogP contribution in [0.15, 0.2) is 0 Å². The Hall–Kier alpha value is -0.190. The molecule has 14 heavy (non-hydrogen) atoms. The van der Waals surface area contributed by atoms with E-state index >= 15 is 0 Å². The van der Waals surface area contributed by atoms with Gasteiger partial charge in [0.25, 0.3) is 0 Å². The molecule has 0 aromatic carbocycles. The van der Waals surface area contributed by atoms with Crippen LogP contribution >= 0.6 is 0 Å². The van der Waals surface area contributed by atoms with Gasteiger partial charge in [-0.05, 0) is 13.5 Å². The van der Waals surface area contributed by atoms with Crippen LogP contribution in [0.2, 0.25) is 0 Å². The van der Waals surface area contributed by atoms with Crippen LogP contribution in [-0.4, -0.2) is 50.7 Å². The molecule has 84 valence electrons. The van der Waals surface area contributed by atoms with Gasteiger partial charge in [-0.25, -0.2) is 4.39 Å². The van der Waals surface area contributed by atoms with Crippen molar-refractivity contribution in [2.75, 3.05) is 27.3 Å². The predicted molar refractivity (Wildman–Crippen MR) is 53.0 cm³/mol. The number of alkyl halides is 1. The van der Waals surface area contributed by atoms with Crippen LogP contribution in [0.3, 0.4) is 0 Å². The van der Waals surface area contributed by atoms with E-state index in [0.717, 1.165) is 13.0 Å². The maximum Gasteiger partial charge on any atom is 0.198 e. The third kappa shape index (κ3) is 3.19. The van der Waals surface area contributed by atoms with E-state index in [1.807, 2.05) is 7.05 Å². The van der Waals surface area contributed by atoms with Crippen LogP contribution in [0, 0.1) is 0 Å². The molecule has 1 saturated heterocycles. The maximum atomic E-state index is 13.0. The molecule has 1 rings (SSSR count). The van der Waals surface area contributed by atoms with Crippen molar-refractivity contribution in [1.29, 1.82) is 0 Å². The van der Waals surface area contributed by atoms with Crippen molar-refractivity contribution >= 4 is 0 Å². The van der Waals surface area contributed by atoms with Gasteiger partial charge in [0.05, 0.1) is 12.7 Å². The zero-order chi connectivity index (χ0) is 10.6. The second-order valence-electron chi connectivity index (χ2n) is 3.86. The summed E-state index contributed by atoms with van der Waals surface area (Å²) in [5.41, 5.74) is 0. The van der Waals surface area contributed by atoms with E-state index < -0.39 is 6.36 Å². The second-order valence-corrected chi connectivity index (χ2v) is 3.86. The van der Waals surface area contributed by atoms with Crippen molar-refractivity contribution in [3.63, 3.8) is 0 Å². The van der Waals surface area contributed by atoms with Crippen LogP contribution < -0.4 is 0 Å². The molecule has 0 amide bonds. The standard InChI is InChI=1S/C10H20FNO2/c1-4-10(11)14-9-5-8(7-13-3)12(2)6-9/h8-10H,4-7H2,1-3H3. The SMILES string of the molecule is CCC(F)OC1CC(COC)N(C)C1. The van der Waals surface area contributed by atoms with E-state index in [-0.39, 0.29) is 6.10 Å². The molecule has 0 aromatic heterocycles.